The minimum absolute atomic E-state index is 0.0863. The van der Waals surface area contributed by atoms with Gasteiger partial charge in [0.15, 0.2) is 0 Å². The lowest BCUT2D eigenvalue weighted by atomic mass is 9.79. The zero-order chi connectivity index (χ0) is 16.4. The highest BCUT2D eigenvalue weighted by molar-refractivity contribution is 5.92. The number of carbonyl (C=O) groups excluding carboxylic acids is 1. The van der Waals surface area contributed by atoms with Crippen molar-refractivity contribution in [2.45, 2.75) is 38.0 Å². The molecule has 3 rings (SSSR count). The van der Waals surface area contributed by atoms with Crippen LogP contribution in [0.1, 0.15) is 47.4 Å². The normalized spacial score (nSPS) is 16.5. The number of amides is 1. The van der Waals surface area contributed by atoms with Crippen molar-refractivity contribution in [3.8, 4) is 0 Å². The van der Waals surface area contributed by atoms with Gasteiger partial charge in [-0.3, -0.25) is 9.48 Å². The first kappa shape index (κ1) is 15.7. The standard InChI is InChI=1S/C18H22FN3O/c1-13-11-16(22(2)21-13)17(23)20-12-18(9-3-4-10-18)14-5-7-15(19)8-6-14/h5-8,11H,3-4,9-10,12H2,1-2H3,(H,20,23). The molecule has 1 aromatic heterocycles. The minimum Gasteiger partial charge on any atom is -0.350 e. The summed E-state index contributed by atoms with van der Waals surface area (Å²) in [7, 11) is 1.77. The number of hydrogen-bond acceptors (Lipinski definition) is 2. The summed E-state index contributed by atoms with van der Waals surface area (Å²) in [6, 6.07) is 8.49. The first-order valence-electron chi connectivity index (χ1n) is 8.05. The summed E-state index contributed by atoms with van der Waals surface area (Å²) in [5, 5.41) is 7.27. The SMILES string of the molecule is Cc1cc(C(=O)NCC2(c3ccc(F)cc3)CCCC2)n(C)n1. The zero-order valence-corrected chi connectivity index (χ0v) is 13.6. The molecule has 0 bridgehead atoms. The number of carbonyl (C=O) groups is 1. The van der Waals surface area contributed by atoms with Crippen molar-refractivity contribution in [2.75, 3.05) is 6.54 Å². The Kier molecular flexibility index (Phi) is 4.20. The monoisotopic (exact) mass is 315 g/mol. The van der Waals surface area contributed by atoms with E-state index in [0.717, 1.165) is 36.9 Å². The molecule has 0 spiro atoms. The highest BCUT2D eigenvalue weighted by Gasteiger charge is 2.36. The largest absolute Gasteiger partial charge is 0.350 e. The molecule has 1 aliphatic carbocycles. The molecule has 5 heteroatoms. The van der Waals surface area contributed by atoms with E-state index in [1.807, 2.05) is 19.1 Å². The van der Waals surface area contributed by atoms with Crippen LogP contribution in [-0.4, -0.2) is 22.2 Å². The summed E-state index contributed by atoms with van der Waals surface area (Å²) in [5.41, 5.74) is 2.41. The quantitative estimate of drug-likeness (QED) is 0.942. The maximum Gasteiger partial charge on any atom is 0.269 e. The van der Waals surface area contributed by atoms with Crippen LogP contribution in [0.15, 0.2) is 30.3 Å². The predicted molar refractivity (Wildman–Crippen MR) is 86.8 cm³/mol. The number of aryl methyl sites for hydroxylation is 2. The summed E-state index contributed by atoms with van der Waals surface area (Å²) < 4.78 is 14.8. The summed E-state index contributed by atoms with van der Waals surface area (Å²) in [4.78, 5) is 12.4. The van der Waals surface area contributed by atoms with Crippen LogP contribution in [0.25, 0.3) is 0 Å². The second kappa shape index (κ2) is 6.14. The molecule has 0 atom stereocenters. The van der Waals surface area contributed by atoms with Crippen LogP contribution in [0.3, 0.4) is 0 Å². The lowest BCUT2D eigenvalue weighted by Gasteiger charge is -2.30. The number of nitrogens with one attached hydrogen (secondary N) is 1. The van der Waals surface area contributed by atoms with Crippen molar-refractivity contribution in [2.24, 2.45) is 7.05 Å². The molecule has 1 amide bonds. The molecule has 0 unspecified atom stereocenters. The van der Waals surface area contributed by atoms with Crippen molar-refractivity contribution in [1.82, 2.24) is 15.1 Å². The molecule has 2 aromatic rings. The van der Waals surface area contributed by atoms with Crippen molar-refractivity contribution in [1.29, 1.82) is 0 Å². The van der Waals surface area contributed by atoms with Crippen LogP contribution in [0.4, 0.5) is 4.39 Å². The lowest BCUT2D eigenvalue weighted by molar-refractivity contribution is 0.0933. The Bertz CT molecular complexity index is 700. The van der Waals surface area contributed by atoms with Gasteiger partial charge in [0.05, 0.1) is 5.69 Å². The van der Waals surface area contributed by atoms with Crippen molar-refractivity contribution in [3.05, 3.63) is 53.1 Å². The molecule has 1 fully saturated rings. The Balaban J connectivity index is 1.77. The van der Waals surface area contributed by atoms with E-state index in [9.17, 15) is 9.18 Å². The average molecular weight is 315 g/mol. The van der Waals surface area contributed by atoms with Crippen LogP contribution in [0.5, 0.6) is 0 Å². The maximum atomic E-state index is 13.2. The Hall–Kier alpha value is -2.17. The molecule has 1 N–H and O–H groups in total. The third-order valence-electron chi connectivity index (χ3n) is 4.84. The topological polar surface area (TPSA) is 46.9 Å². The van der Waals surface area contributed by atoms with Crippen LogP contribution in [-0.2, 0) is 12.5 Å². The van der Waals surface area contributed by atoms with E-state index < -0.39 is 0 Å². The highest BCUT2D eigenvalue weighted by atomic mass is 19.1. The molecule has 1 heterocycles. The zero-order valence-electron chi connectivity index (χ0n) is 13.6. The molecule has 1 aliphatic rings. The number of nitrogens with zero attached hydrogens (tertiary/aromatic N) is 2. The van der Waals surface area contributed by atoms with Crippen molar-refractivity contribution >= 4 is 5.91 Å². The van der Waals surface area contributed by atoms with Gasteiger partial charge in [-0.1, -0.05) is 25.0 Å². The van der Waals surface area contributed by atoms with Crippen LogP contribution < -0.4 is 5.32 Å². The van der Waals surface area contributed by atoms with Gasteiger partial charge >= 0.3 is 0 Å². The van der Waals surface area contributed by atoms with E-state index in [1.165, 1.54) is 12.1 Å². The van der Waals surface area contributed by atoms with Crippen molar-refractivity contribution < 1.29 is 9.18 Å². The first-order valence-corrected chi connectivity index (χ1v) is 8.05. The first-order chi connectivity index (χ1) is 11.0. The van der Waals surface area contributed by atoms with Gasteiger partial charge in [0.1, 0.15) is 11.5 Å². The Morgan fingerprint density at radius 1 is 1.30 bits per heavy atom. The van der Waals surface area contributed by atoms with E-state index in [4.69, 9.17) is 0 Å². The molecule has 0 aliphatic heterocycles. The molecule has 122 valence electrons. The minimum atomic E-state index is -0.226. The Morgan fingerprint density at radius 3 is 2.52 bits per heavy atom. The van der Waals surface area contributed by atoms with Gasteiger partial charge in [0.2, 0.25) is 0 Å². The number of hydrogen-bond donors (Lipinski definition) is 1. The third-order valence-corrected chi connectivity index (χ3v) is 4.84. The maximum absolute atomic E-state index is 13.2. The van der Waals surface area contributed by atoms with Crippen LogP contribution in [0.2, 0.25) is 0 Å². The van der Waals surface area contributed by atoms with Gasteiger partial charge in [-0.05, 0) is 43.5 Å². The highest BCUT2D eigenvalue weighted by Crippen LogP contribution is 2.40. The second-order valence-electron chi connectivity index (χ2n) is 6.47. The molecular formula is C18H22FN3O. The lowest BCUT2D eigenvalue weighted by Crippen LogP contribution is -2.39. The third kappa shape index (κ3) is 3.14. The number of rotatable bonds is 4. The molecule has 0 saturated heterocycles. The molecular weight excluding hydrogens is 293 g/mol. The Labute approximate surface area is 135 Å². The second-order valence-corrected chi connectivity index (χ2v) is 6.47. The Morgan fingerprint density at radius 2 is 1.96 bits per heavy atom. The van der Waals surface area contributed by atoms with E-state index in [0.29, 0.717) is 12.2 Å². The number of benzene rings is 1. The molecule has 1 aromatic carbocycles. The number of halogens is 1. The fourth-order valence-corrected chi connectivity index (χ4v) is 3.59. The van der Waals surface area contributed by atoms with Gasteiger partial charge in [-0.25, -0.2) is 4.39 Å². The number of aromatic nitrogens is 2. The fourth-order valence-electron chi connectivity index (χ4n) is 3.59. The summed E-state index contributed by atoms with van der Waals surface area (Å²) in [6.45, 7) is 2.44. The van der Waals surface area contributed by atoms with E-state index in [-0.39, 0.29) is 17.1 Å². The van der Waals surface area contributed by atoms with Crippen LogP contribution in [0, 0.1) is 12.7 Å². The van der Waals surface area contributed by atoms with Gasteiger partial charge in [0.25, 0.3) is 5.91 Å². The van der Waals surface area contributed by atoms with Crippen LogP contribution >= 0.6 is 0 Å². The van der Waals surface area contributed by atoms with Gasteiger partial charge < -0.3 is 5.32 Å². The van der Waals surface area contributed by atoms with E-state index in [1.54, 1.807) is 17.8 Å². The smallest absolute Gasteiger partial charge is 0.269 e. The fraction of sp³-hybridized carbons (Fsp3) is 0.444. The van der Waals surface area contributed by atoms with Crippen molar-refractivity contribution in [3.63, 3.8) is 0 Å². The van der Waals surface area contributed by atoms with E-state index >= 15 is 0 Å². The van der Waals surface area contributed by atoms with Gasteiger partial charge in [-0.2, -0.15) is 5.10 Å². The predicted octanol–water partition coefficient (Wildman–Crippen LogP) is 3.11. The summed E-state index contributed by atoms with van der Waals surface area (Å²) in [5.74, 6) is -0.335. The summed E-state index contributed by atoms with van der Waals surface area (Å²) in [6.07, 6.45) is 4.31. The molecule has 0 radical (unpaired) electrons. The molecule has 23 heavy (non-hydrogen) atoms. The summed E-state index contributed by atoms with van der Waals surface area (Å²) >= 11 is 0. The average Bonchev–Trinajstić information content (AvgIpc) is 3.13. The van der Waals surface area contributed by atoms with Gasteiger partial charge in [0, 0.05) is 19.0 Å². The molecule has 1 saturated carbocycles. The van der Waals surface area contributed by atoms with E-state index in [2.05, 4.69) is 10.4 Å². The molecule has 4 nitrogen and oxygen atoms in total. The van der Waals surface area contributed by atoms with Gasteiger partial charge in [-0.15, -0.1) is 0 Å².